The number of nitrogens with one attached hydrogen (secondary N) is 1. The van der Waals surface area contributed by atoms with Crippen molar-refractivity contribution in [1.29, 1.82) is 0 Å². The maximum atomic E-state index is 11.0. The number of rotatable bonds is 2. The van der Waals surface area contributed by atoms with Crippen molar-refractivity contribution in [3.05, 3.63) is 0 Å². The molecule has 70 valence electrons. The first-order valence-corrected chi connectivity index (χ1v) is 6.02. The predicted molar refractivity (Wildman–Crippen MR) is 48.6 cm³/mol. The summed E-state index contributed by atoms with van der Waals surface area (Å²) in [6, 6.07) is 1.16. The van der Waals surface area contributed by atoms with Gasteiger partial charge in [0.25, 0.3) is 0 Å². The van der Waals surface area contributed by atoms with Gasteiger partial charge in [-0.3, -0.25) is 4.21 Å². The Kier molecular flexibility index (Phi) is 2.78. The van der Waals surface area contributed by atoms with Crippen LogP contribution in [0.2, 0.25) is 0 Å². The van der Waals surface area contributed by atoms with Crippen LogP contribution in [0.25, 0.3) is 0 Å². The Bertz CT molecular complexity index is 172. The highest BCUT2D eigenvalue weighted by molar-refractivity contribution is 7.85. The summed E-state index contributed by atoms with van der Waals surface area (Å²) in [7, 11) is -0.531. The molecule has 12 heavy (non-hydrogen) atoms. The highest BCUT2D eigenvalue weighted by atomic mass is 32.2. The van der Waals surface area contributed by atoms with Gasteiger partial charge < -0.3 is 10.1 Å². The Hall–Kier alpha value is 0.0700. The Morgan fingerprint density at radius 2 is 1.83 bits per heavy atom. The van der Waals surface area contributed by atoms with Crippen molar-refractivity contribution < 1.29 is 8.95 Å². The van der Waals surface area contributed by atoms with E-state index in [1.165, 1.54) is 0 Å². The summed E-state index contributed by atoms with van der Waals surface area (Å²) in [5.74, 6) is 1.76. The average molecular weight is 189 g/mol. The minimum atomic E-state index is -0.531. The Morgan fingerprint density at radius 1 is 1.17 bits per heavy atom. The molecule has 0 atom stereocenters. The van der Waals surface area contributed by atoms with Crippen LogP contribution in [0.1, 0.15) is 12.8 Å². The molecule has 2 saturated heterocycles. The van der Waals surface area contributed by atoms with Crippen molar-refractivity contribution >= 4 is 10.8 Å². The summed E-state index contributed by atoms with van der Waals surface area (Å²) < 4.78 is 16.1. The molecule has 3 nitrogen and oxygen atoms in total. The Morgan fingerprint density at radius 3 is 2.33 bits per heavy atom. The first-order valence-electron chi connectivity index (χ1n) is 4.53. The Labute approximate surface area is 75.3 Å². The molecule has 0 spiro atoms. The van der Waals surface area contributed by atoms with E-state index in [1.54, 1.807) is 0 Å². The summed E-state index contributed by atoms with van der Waals surface area (Å²) in [6.07, 6.45) is 2.15. The minimum Gasteiger partial charge on any atom is -0.378 e. The second kappa shape index (κ2) is 3.85. The molecule has 0 aromatic heterocycles. The van der Waals surface area contributed by atoms with Crippen LogP contribution < -0.4 is 5.32 Å². The van der Waals surface area contributed by atoms with Gasteiger partial charge in [0.2, 0.25) is 0 Å². The monoisotopic (exact) mass is 189 g/mol. The highest BCUT2D eigenvalue weighted by Crippen LogP contribution is 2.11. The minimum absolute atomic E-state index is 0.531. The van der Waals surface area contributed by atoms with E-state index in [2.05, 4.69) is 5.32 Å². The lowest BCUT2D eigenvalue weighted by atomic mass is 10.1. The second-order valence-corrected chi connectivity index (χ2v) is 5.22. The van der Waals surface area contributed by atoms with Gasteiger partial charge in [-0.1, -0.05) is 0 Å². The fourth-order valence-corrected chi connectivity index (χ4v) is 2.92. The van der Waals surface area contributed by atoms with Crippen molar-refractivity contribution in [3.63, 3.8) is 0 Å². The van der Waals surface area contributed by atoms with Crippen LogP contribution in [0.3, 0.4) is 0 Å². The van der Waals surface area contributed by atoms with Gasteiger partial charge in [0.1, 0.15) is 0 Å². The first-order chi connectivity index (χ1) is 5.84. The molecule has 0 bridgehead atoms. The molecule has 2 rings (SSSR count). The van der Waals surface area contributed by atoms with Gasteiger partial charge in [-0.25, -0.2) is 0 Å². The number of hydrogen-bond donors (Lipinski definition) is 1. The summed E-state index contributed by atoms with van der Waals surface area (Å²) >= 11 is 0. The van der Waals surface area contributed by atoms with E-state index in [1.807, 2.05) is 0 Å². The lowest BCUT2D eigenvalue weighted by molar-refractivity contribution is -0.0104. The van der Waals surface area contributed by atoms with Crippen LogP contribution in [0.4, 0.5) is 0 Å². The lowest BCUT2D eigenvalue weighted by Gasteiger charge is -2.33. The van der Waals surface area contributed by atoms with Gasteiger partial charge in [-0.15, -0.1) is 0 Å². The number of ether oxygens (including phenoxy) is 1. The molecule has 2 fully saturated rings. The normalized spacial score (nSPS) is 37.7. The third-order valence-corrected chi connectivity index (χ3v) is 3.88. The molecule has 0 aromatic rings. The summed E-state index contributed by atoms with van der Waals surface area (Å²) in [4.78, 5) is 0. The Balaban J connectivity index is 1.70. The molecule has 2 aliphatic heterocycles. The second-order valence-electron chi connectivity index (χ2n) is 3.52. The van der Waals surface area contributed by atoms with Gasteiger partial charge >= 0.3 is 0 Å². The average Bonchev–Trinajstić information content (AvgIpc) is 2.00. The van der Waals surface area contributed by atoms with E-state index >= 15 is 0 Å². The maximum absolute atomic E-state index is 11.0. The van der Waals surface area contributed by atoms with Crippen molar-refractivity contribution in [3.8, 4) is 0 Å². The zero-order valence-corrected chi connectivity index (χ0v) is 7.94. The molecule has 0 saturated carbocycles. The van der Waals surface area contributed by atoms with Crippen molar-refractivity contribution in [1.82, 2.24) is 5.32 Å². The molecule has 2 heterocycles. The smallest absolute Gasteiger partial charge is 0.0643 e. The SMILES string of the molecule is O=S1CCC(NC2COC2)CC1. The van der Waals surface area contributed by atoms with Gasteiger partial charge in [0.15, 0.2) is 0 Å². The third kappa shape index (κ3) is 2.06. The summed E-state index contributed by atoms with van der Waals surface area (Å²) in [5, 5.41) is 3.52. The molecule has 4 heteroatoms. The fourth-order valence-electron chi connectivity index (χ4n) is 1.63. The fraction of sp³-hybridized carbons (Fsp3) is 1.00. The van der Waals surface area contributed by atoms with Gasteiger partial charge in [0, 0.05) is 28.3 Å². The van der Waals surface area contributed by atoms with Gasteiger partial charge in [0.05, 0.1) is 19.3 Å². The van der Waals surface area contributed by atoms with Crippen LogP contribution in [-0.2, 0) is 15.5 Å². The molecule has 0 amide bonds. The van der Waals surface area contributed by atoms with E-state index in [0.717, 1.165) is 37.6 Å². The van der Waals surface area contributed by atoms with Crippen molar-refractivity contribution in [2.45, 2.75) is 24.9 Å². The van der Waals surface area contributed by atoms with Gasteiger partial charge in [-0.05, 0) is 12.8 Å². The maximum Gasteiger partial charge on any atom is 0.0643 e. The van der Waals surface area contributed by atoms with Gasteiger partial charge in [-0.2, -0.15) is 0 Å². The van der Waals surface area contributed by atoms with Crippen LogP contribution in [0.15, 0.2) is 0 Å². The van der Waals surface area contributed by atoms with E-state index in [9.17, 15) is 4.21 Å². The zero-order valence-electron chi connectivity index (χ0n) is 7.12. The zero-order chi connectivity index (χ0) is 8.39. The van der Waals surface area contributed by atoms with Crippen LogP contribution in [0, 0.1) is 0 Å². The molecule has 2 aliphatic rings. The molecule has 0 aliphatic carbocycles. The third-order valence-electron chi connectivity index (χ3n) is 2.50. The molecular weight excluding hydrogens is 174 g/mol. The first kappa shape index (κ1) is 8.66. The van der Waals surface area contributed by atoms with Crippen molar-refractivity contribution in [2.75, 3.05) is 24.7 Å². The van der Waals surface area contributed by atoms with E-state index < -0.39 is 10.8 Å². The molecular formula is C8H15NO2S. The van der Waals surface area contributed by atoms with Crippen molar-refractivity contribution in [2.24, 2.45) is 0 Å². The topological polar surface area (TPSA) is 38.3 Å². The summed E-state index contributed by atoms with van der Waals surface area (Å²) in [5.41, 5.74) is 0. The van der Waals surface area contributed by atoms with Crippen LogP contribution >= 0.6 is 0 Å². The van der Waals surface area contributed by atoms with E-state index in [4.69, 9.17) is 4.74 Å². The summed E-state index contributed by atoms with van der Waals surface area (Å²) in [6.45, 7) is 1.72. The number of hydrogen-bond acceptors (Lipinski definition) is 3. The van der Waals surface area contributed by atoms with E-state index in [-0.39, 0.29) is 0 Å². The quantitative estimate of drug-likeness (QED) is 0.658. The standard InChI is InChI=1S/C8H15NO2S/c10-12-3-1-7(2-4-12)9-8-5-11-6-8/h7-9H,1-6H2. The lowest BCUT2D eigenvalue weighted by Crippen LogP contribution is -2.51. The molecule has 0 radical (unpaired) electrons. The van der Waals surface area contributed by atoms with Crippen LogP contribution in [-0.4, -0.2) is 41.0 Å². The van der Waals surface area contributed by atoms with Crippen LogP contribution in [0.5, 0.6) is 0 Å². The largest absolute Gasteiger partial charge is 0.378 e. The molecule has 0 unspecified atom stereocenters. The molecule has 0 aromatic carbocycles. The molecule has 1 N–H and O–H groups in total. The highest BCUT2D eigenvalue weighted by Gasteiger charge is 2.24. The van der Waals surface area contributed by atoms with E-state index in [0.29, 0.717) is 12.1 Å². The predicted octanol–water partition coefficient (Wildman–Crippen LogP) is -0.114.